The van der Waals surface area contributed by atoms with E-state index < -0.39 is 5.69 Å². The summed E-state index contributed by atoms with van der Waals surface area (Å²) in [7, 11) is 0. The maximum Gasteiger partial charge on any atom is 0.353 e. The Morgan fingerprint density at radius 2 is 2.33 bits per heavy atom. The lowest BCUT2D eigenvalue weighted by molar-refractivity contribution is -0.145. The fourth-order valence-electron chi connectivity index (χ4n) is 2.48. The summed E-state index contributed by atoms with van der Waals surface area (Å²) in [6, 6.07) is 1.82. The first kappa shape index (κ1) is 13.8. The number of aromatic nitrogens is 2. The van der Waals surface area contributed by atoms with Crippen LogP contribution < -0.4 is 5.69 Å². The molecule has 2 aromatic heterocycles. The van der Waals surface area contributed by atoms with Gasteiger partial charge in [0.1, 0.15) is 18.6 Å². The van der Waals surface area contributed by atoms with Crippen molar-refractivity contribution in [3.8, 4) is 0 Å². The Hall–Kier alpha value is -2.15. The van der Waals surface area contributed by atoms with Crippen LogP contribution in [-0.4, -0.2) is 28.2 Å². The molecule has 2 aromatic rings. The number of ether oxygens (including phenoxy) is 2. The van der Waals surface area contributed by atoms with Crippen LogP contribution in [0.5, 0.6) is 0 Å². The van der Waals surface area contributed by atoms with Crippen LogP contribution in [0.25, 0.3) is 11.1 Å². The van der Waals surface area contributed by atoms with Crippen LogP contribution in [0, 0.1) is 6.92 Å². The van der Waals surface area contributed by atoms with E-state index in [-0.39, 0.29) is 24.9 Å². The van der Waals surface area contributed by atoms with Crippen LogP contribution in [0.4, 0.5) is 0 Å². The molecule has 0 radical (unpaired) electrons. The minimum absolute atomic E-state index is 0.187. The Balaban J connectivity index is 1.79. The van der Waals surface area contributed by atoms with Crippen LogP contribution in [0.3, 0.4) is 0 Å². The van der Waals surface area contributed by atoms with Crippen LogP contribution in [0.15, 0.2) is 21.5 Å². The normalized spacial score (nSPS) is 21.8. The minimum atomic E-state index is -0.407. The van der Waals surface area contributed by atoms with Gasteiger partial charge in [0.25, 0.3) is 0 Å². The van der Waals surface area contributed by atoms with Crippen molar-refractivity contribution in [2.24, 2.45) is 0 Å². The van der Waals surface area contributed by atoms with Crippen molar-refractivity contribution in [2.75, 3.05) is 6.61 Å². The molecule has 0 spiro atoms. The van der Waals surface area contributed by atoms with Gasteiger partial charge in [0.15, 0.2) is 0 Å². The lowest BCUT2D eigenvalue weighted by Gasteiger charge is -2.15. The Labute approximate surface area is 120 Å². The van der Waals surface area contributed by atoms with Gasteiger partial charge in [-0.15, -0.1) is 0 Å². The third kappa shape index (κ3) is 2.82. The number of carbonyl (C=O) groups excluding carboxylic acids is 1. The number of rotatable bonds is 3. The average molecular weight is 292 g/mol. The molecule has 112 valence electrons. The summed E-state index contributed by atoms with van der Waals surface area (Å²) < 4.78 is 17.5. The number of esters is 1. The van der Waals surface area contributed by atoms with E-state index in [0.717, 1.165) is 11.8 Å². The Bertz CT molecular complexity index is 733. The molecule has 0 N–H and O–H groups in total. The summed E-state index contributed by atoms with van der Waals surface area (Å²) in [5, 5.41) is 0.763. The highest BCUT2D eigenvalue weighted by Crippen LogP contribution is 2.28. The third-order valence-electron chi connectivity index (χ3n) is 3.43. The van der Waals surface area contributed by atoms with Crippen LogP contribution in [0.1, 0.15) is 31.8 Å². The first-order chi connectivity index (χ1) is 10.0. The van der Waals surface area contributed by atoms with Crippen molar-refractivity contribution in [2.45, 2.75) is 39.0 Å². The highest BCUT2D eigenvalue weighted by atomic mass is 16.6. The number of hydrogen-bond donors (Lipinski definition) is 0. The molecule has 0 aliphatic carbocycles. The first-order valence-electron chi connectivity index (χ1n) is 6.81. The zero-order valence-electron chi connectivity index (χ0n) is 11.9. The summed E-state index contributed by atoms with van der Waals surface area (Å²) >= 11 is 0. The molecule has 21 heavy (non-hydrogen) atoms. The summed E-state index contributed by atoms with van der Waals surface area (Å²) in [5.41, 5.74) is -0.0711. The van der Waals surface area contributed by atoms with Crippen LogP contribution >= 0.6 is 0 Å². The van der Waals surface area contributed by atoms with E-state index >= 15 is 0 Å². The fraction of sp³-hybridized carbons (Fsp3) is 0.500. The largest absolute Gasteiger partial charge is 0.463 e. The molecule has 1 saturated heterocycles. The van der Waals surface area contributed by atoms with Gasteiger partial charge in [0.2, 0.25) is 5.71 Å². The van der Waals surface area contributed by atoms with Crippen molar-refractivity contribution in [1.29, 1.82) is 0 Å². The summed E-state index contributed by atoms with van der Waals surface area (Å²) in [5.74, 6) is 0.367. The molecule has 7 nitrogen and oxygen atoms in total. The van der Waals surface area contributed by atoms with Gasteiger partial charge in [-0.1, -0.05) is 0 Å². The number of fused-ring (bicyclic) bond motifs is 1. The van der Waals surface area contributed by atoms with Crippen molar-refractivity contribution in [1.82, 2.24) is 9.55 Å². The van der Waals surface area contributed by atoms with E-state index in [1.807, 2.05) is 6.07 Å². The topological polar surface area (TPSA) is 83.6 Å². The van der Waals surface area contributed by atoms with Gasteiger partial charge in [-0.2, -0.15) is 4.98 Å². The first-order valence-corrected chi connectivity index (χ1v) is 6.81. The number of carbonyl (C=O) groups is 1. The average Bonchev–Trinajstić information content (AvgIpc) is 3.00. The van der Waals surface area contributed by atoms with Gasteiger partial charge < -0.3 is 13.9 Å². The van der Waals surface area contributed by atoms with E-state index in [1.54, 1.807) is 13.1 Å². The lowest BCUT2D eigenvalue weighted by Crippen LogP contribution is -2.27. The van der Waals surface area contributed by atoms with Crippen molar-refractivity contribution >= 4 is 17.1 Å². The van der Waals surface area contributed by atoms with E-state index in [0.29, 0.717) is 17.9 Å². The maximum atomic E-state index is 12.0. The smallest absolute Gasteiger partial charge is 0.353 e. The second-order valence-electron chi connectivity index (χ2n) is 5.14. The molecule has 0 bridgehead atoms. The number of furan rings is 1. The van der Waals surface area contributed by atoms with Crippen molar-refractivity contribution < 1.29 is 18.7 Å². The fourth-order valence-corrected chi connectivity index (χ4v) is 2.48. The molecular weight excluding hydrogens is 276 g/mol. The molecule has 0 saturated carbocycles. The zero-order chi connectivity index (χ0) is 15.0. The van der Waals surface area contributed by atoms with Crippen LogP contribution in [-0.2, 0) is 14.3 Å². The van der Waals surface area contributed by atoms with Crippen LogP contribution in [0.2, 0.25) is 0 Å². The lowest BCUT2D eigenvalue weighted by atomic mass is 10.2. The van der Waals surface area contributed by atoms with E-state index in [9.17, 15) is 9.59 Å². The molecule has 3 rings (SSSR count). The second-order valence-corrected chi connectivity index (χ2v) is 5.14. The molecule has 1 fully saturated rings. The summed E-state index contributed by atoms with van der Waals surface area (Å²) in [4.78, 5) is 26.7. The number of nitrogens with zero attached hydrogens (tertiary/aromatic N) is 2. The molecule has 3 heterocycles. The van der Waals surface area contributed by atoms with Gasteiger partial charge in [-0.25, -0.2) is 4.79 Å². The van der Waals surface area contributed by atoms with Crippen molar-refractivity contribution in [3.63, 3.8) is 0 Å². The Morgan fingerprint density at radius 1 is 1.52 bits per heavy atom. The Morgan fingerprint density at radius 3 is 3.10 bits per heavy atom. The molecule has 0 aromatic carbocycles. The summed E-state index contributed by atoms with van der Waals surface area (Å²) in [6.45, 7) is 3.37. The molecule has 7 heteroatoms. The van der Waals surface area contributed by atoms with E-state index in [2.05, 4.69) is 4.98 Å². The van der Waals surface area contributed by atoms with Gasteiger partial charge in [-0.05, 0) is 25.8 Å². The highest BCUT2D eigenvalue weighted by molar-refractivity contribution is 5.72. The number of aryl methyl sites for hydroxylation is 1. The van der Waals surface area contributed by atoms with Gasteiger partial charge >= 0.3 is 11.7 Å². The minimum Gasteiger partial charge on any atom is -0.463 e. The predicted molar refractivity (Wildman–Crippen MR) is 72.8 cm³/mol. The maximum absolute atomic E-state index is 12.0. The number of hydrogen-bond acceptors (Lipinski definition) is 6. The van der Waals surface area contributed by atoms with Gasteiger partial charge in [-0.3, -0.25) is 9.36 Å². The highest BCUT2D eigenvalue weighted by Gasteiger charge is 2.28. The van der Waals surface area contributed by atoms with E-state index in [4.69, 9.17) is 13.9 Å². The SMILES string of the molecule is CC(=O)OCC1CCC(n2cc3cc(C)oc3nc2=O)O1. The predicted octanol–water partition coefficient (Wildman–Crippen LogP) is 1.54. The van der Waals surface area contributed by atoms with Gasteiger partial charge in [0.05, 0.1) is 11.5 Å². The molecule has 0 amide bonds. The molecule has 2 unspecified atom stereocenters. The summed E-state index contributed by atoms with van der Waals surface area (Å²) in [6.07, 6.45) is 2.53. The zero-order valence-corrected chi connectivity index (χ0v) is 11.9. The third-order valence-corrected chi connectivity index (χ3v) is 3.43. The Kier molecular flexibility index (Phi) is 3.50. The van der Waals surface area contributed by atoms with E-state index in [1.165, 1.54) is 11.5 Å². The monoisotopic (exact) mass is 292 g/mol. The van der Waals surface area contributed by atoms with Crippen molar-refractivity contribution in [3.05, 3.63) is 28.5 Å². The standard InChI is InChI=1S/C14H16N2O5/c1-8-5-10-6-16(14(18)15-13(10)20-8)12-4-3-11(21-12)7-19-9(2)17/h5-6,11-12H,3-4,7H2,1-2H3. The second kappa shape index (κ2) is 5.33. The molecule has 2 atom stereocenters. The van der Waals surface area contributed by atoms with Gasteiger partial charge in [0, 0.05) is 13.1 Å². The molecule has 1 aliphatic rings. The molecule has 1 aliphatic heterocycles. The molecular formula is C14H16N2O5. The quantitative estimate of drug-likeness (QED) is 0.798.